The van der Waals surface area contributed by atoms with Crippen LogP contribution in [-0.2, 0) is 0 Å². The van der Waals surface area contributed by atoms with Gasteiger partial charge in [0.2, 0.25) is 0 Å². The highest BCUT2D eigenvalue weighted by molar-refractivity contribution is 6.05. The Morgan fingerprint density at radius 2 is 1.65 bits per heavy atom. The fourth-order valence-electron chi connectivity index (χ4n) is 2.81. The van der Waals surface area contributed by atoms with E-state index in [2.05, 4.69) is 10.6 Å². The Morgan fingerprint density at radius 1 is 1.00 bits per heavy atom. The minimum Gasteiger partial charge on any atom is -0.310 e. The number of hydrogen-bond acceptors (Lipinski definition) is 4. The van der Waals surface area contributed by atoms with E-state index in [1.165, 1.54) is 48.5 Å². The smallest absolute Gasteiger partial charge is 0.182 e. The van der Waals surface area contributed by atoms with E-state index in [0.29, 0.717) is 5.56 Å². The van der Waals surface area contributed by atoms with Crippen LogP contribution in [0.4, 0.5) is 8.78 Å². The molecule has 4 nitrogen and oxygen atoms in total. The maximum absolute atomic E-state index is 13.5. The monoisotopic (exact) mass is 360 g/mol. The van der Waals surface area contributed by atoms with E-state index in [-0.39, 0.29) is 23.6 Å². The van der Waals surface area contributed by atoms with Gasteiger partial charge < -0.3 is 10.6 Å². The lowest BCUT2D eigenvalue weighted by molar-refractivity contribution is 0.0824. The molecule has 2 rings (SSSR count). The Labute approximate surface area is 151 Å². The molecule has 2 N–H and O–H groups in total. The van der Waals surface area contributed by atoms with E-state index in [9.17, 15) is 18.4 Å². The largest absolute Gasteiger partial charge is 0.310 e. The first-order valence-electron chi connectivity index (χ1n) is 8.27. The molecule has 2 aromatic rings. The van der Waals surface area contributed by atoms with Gasteiger partial charge in [0, 0.05) is 11.1 Å². The molecule has 0 aliphatic heterocycles. The van der Waals surface area contributed by atoms with Crippen LogP contribution in [0, 0.1) is 11.6 Å². The standard InChI is InChI=1S/C20H22F2N2O2/c1-20(24-3,19(26)14-5-4-6-16(22)11-14)12-17(23-2)18(25)13-7-9-15(21)10-8-13/h4-11,17,23-24H,12H2,1-3H3. The predicted molar refractivity (Wildman–Crippen MR) is 96.4 cm³/mol. The van der Waals surface area contributed by atoms with E-state index in [0.717, 1.165) is 0 Å². The number of carbonyl (C=O) groups excluding carboxylic acids is 2. The lowest BCUT2D eigenvalue weighted by Crippen LogP contribution is -2.53. The van der Waals surface area contributed by atoms with Crippen molar-refractivity contribution in [3.05, 3.63) is 71.3 Å². The molecule has 0 aromatic heterocycles. The van der Waals surface area contributed by atoms with Crippen molar-refractivity contribution in [3.8, 4) is 0 Å². The molecule has 138 valence electrons. The molecular weight excluding hydrogens is 338 g/mol. The van der Waals surface area contributed by atoms with Gasteiger partial charge in [0.15, 0.2) is 11.6 Å². The molecule has 0 saturated heterocycles. The highest BCUT2D eigenvalue weighted by Gasteiger charge is 2.37. The molecule has 0 aliphatic carbocycles. The molecule has 0 spiro atoms. The zero-order chi connectivity index (χ0) is 19.3. The summed E-state index contributed by atoms with van der Waals surface area (Å²) in [7, 11) is 3.24. The average molecular weight is 360 g/mol. The molecule has 0 bridgehead atoms. The van der Waals surface area contributed by atoms with E-state index in [1.54, 1.807) is 21.0 Å². The lowest BCUT2D eigenvalue weighted by atomic mass is 9.83. The highest BCUT2D eigenvalue weighted by Crippen LogP contribution is 2.21. The van der Waals surface area contributed by atoms with Gasteiger partial charge in [-0.1, -0.05) is 12.1 Å². The Morgan fingerprint density at radius 3 is 2.19 bits per heavy atom. The summed E-state index contributed by atoms with van der Waals surface area (Å²) in [6.45, 7) is 1.67. The summed E-state index contributed by atoms with van der Waals surface area (Å²) in [6, 6.07) is 10.0. The van der Waals surface area contributed by atoms with E-state index >= 15 is 0 Å². The van der Waals surface area contributed by atoms with Crippen molar-refractivity contribution < 1.29 is 18.4 Å². The quantitative estimate of drug-likeness (QED) is 0.711. The van der Waals surface area contributed by atoms with Gasteiger partial charge in [-0.3, -0.25) is 9.59 Å². The Bertz CT molecular complexity index is 793. The van der Waals surface area contributed by atoms with Crippen LogP contribution >= 0.6 is 0 Å². The van der Waals surface area contributed by atoms with Gasteiger partial charge in [-0.25, -0.2) is 8.78 Å². The molecule has 2 aromatic carbocycles. The molecule has 26 heavy (non-hydrogen) atoms. The van der Waals surface area contributed by atoms with Crippen LogP contribution in [0.15, 0.2) is 48.5 Å². The van der Waals surface area contributed by atoms with Gasteiger partial charge >= 0.3 is 0 Å². The number of rotatable bonds is 8. The molecule has 0 saturated carbocycles. The zero-order valence-electron chi connectivity index (χ0n) is 15.0. The summed E-state index contributed by atoms with van der Waals surface area (Å²) >= 11 is 0. The minimum absolute atomic E-state index is 0.144. The van der Waals surface area contributed by atoms with Crippen LogP contribution < -0.4 is 10.6 Å². The molecule has 0 heterocycles. The second-order valence-electron chi connectivity index (χ2n) is 6.34. The third-order valence-corrected chi connectivity index (χ3v) is 4.55. The number of benzene rings is 2. The second-order valence-corrected chi connectivity index (χ2v) is 6.34. The van der Waals surface area contributed by atoms with Crippen molar-refractivity contribution in [1.82, 2.24) is 10.6 Å². The first-order chi connectivity index (χ1) is 12.3. The normalized spacial score (nSPS) is 14.5. The fraction of sp³-hybridized carbons (Fsp3) is 0.300. The van der Waals surface area contributed by atoms with Crippen molar-refractivity contribution in [3.63, 3.8) is 0 Å². The van der Waals surface area contributed by atoms with Gasteiger partial charge in [0.1, 0.15) is 11.6 Å². The fourth-order valence-corrected chi connectivity index (χ4v) is 2.81. The van der Waals surface area contributed by atoms with Gasteiger partial charge in [0.25, 0.3) is 0 Å². The number of carbonyl (C=O) groups is 2. The number of hydrogen-bond donors (Lipinski definition) is 2. The summed E-state index contributed by atoms with van der Waals surface area (Å²) in [4.78, 5) is 25.6. The molecule has 2 atom stereocenters. The van der Waals surface area contributed by atoms with Crippen LogP contribution in [0.25, 0.3) is 0 Å². The van der Waals surface area contributed by atoms with Crippen LogP contribution in [0.1, 0.15) is 34.1 Å². The Balaban J connectivity index is 2.26. The maximum Gasteiger partial charge on any atom is 0.182 e. The number of halogens is 2. The van der Waals surface area contributed by atoms with Gasteiger partial charge in [-0.2, -0.15) is 0 Å². The van der Waals surface area contributed by atoms with Crippen molar-refractivity contribution in [1.29, 1.82) is 0 Å². The lowest BCUT2D eigenvalue weighted by Gasteiger charge is -2.31. The van der Waals surface area contributed by atoms with Gasteiger partial charge in [-0.15, -0.1) is 0 Å². The molecule has 0 radical (unpaired) electrons. The number of Topliss-reactive ketones (excluding diaryl/α,β-unsaturated/α-hetero) is 2. The van der Waals surface area contributed by atoms with Gasteiger partial charge in [-0.05, 0) is 63.8 Å². The zero-order valence-corrected chi connectivity index (χ0v) is 15.0. The Hall–Kier alpha value is -2.44. The van der Waals surface area contributed by atoms with E-state index < -0.39 is 23.2 Å². The maximum atomic E-state index is 13.5. The first-order valence-corrected chi connectivity index (χ1v) is 8.27. The Kier molecular flexibility index (Phi) is 6.34. The van der Waals surface area contributed by atoms with Crippen molar-refractivity contribution >= 4 is 11.6 Å². The first kappa shape index (κ1) is 19.9. The second kappa shape index (κ2) is 8.29. The van der Waals surface area contributed by atoms with E-state index in [4.69, 9.17) is 0 Å². The summed E-state index contributed by atoms with van der Waals surface area (Å²) in [6.07, 6.45) is 0.144. The minimum atomic E-state index is -1.09. The van der Waals surface area contributed by atoms with E-state index in [1.807, 2.05) is 0 Å². The summed E-state index contributed by atoms with van der Waals surface area (Å²) in [5.74, 6) is -1.49. The molecule has 0 fully saturated rings. The molecule has 0 amide bonds. The molecular formula is C20H22F2N2O2. The van der Waals surface area contributed by atoms with Gasteiger partial charge in [0.05, 0.1) is 11.6 Å². The summed E-state index contributed by atoms with van der Waals surface area (Å²) in [5.41, 5.74) is -0.509. The average Bonchev–Trinajstić information content (AvgIpc) is 2.65. The predicted octanol–water partition coefficient (Wildman–Crippen LogP) is 2.99. The number of nitrogens with one attached hydrogen (secondary N) is 2. The highest BCUT2D eigenvalue weighted by atomic mass is 19.1. The van der Waals surface area contributed by atoms with Crippen molar-refractivity contribution in [2.24, 2.45) is 0 Å². The number of likely N-dealkylation sites (N-methyl/N-ethyl adjacent to an activating group) is 2. The number of ketones is 2. The molecule has 6 heteroatoms. The van der Waals surface area contributed by atoms with Crippen LogP contribution in [0.2, 0.25) is 0 Å². The van der Waals surface area contributed by atoms with Crippen LogP contribution in [-0.4, -0.2) is 37.2 Å². The molecule has 2 unspecified atom stereocenters. The topological polar surface area (TPSA) is 58.2 Å². The van der Waals surface area contributed by atoms with Crippen molar-refractivity contribution in [2.75, 3.05) is 14.1 Å². The van der Waals surface area contributed by atoms with Crippen LogP contribution in [0.3, 0.4) is 0 Å². The van der Waals surface area contributed by atoms with Crippen molar-refractivity contribution in [2.45, 2.75) is 24.9 Å². The molecule has 0 aliphatic rings. The summed E-state index contributed by atoms with van der Waals surface area (Å²) in [5, 5.41) is 5.87. The third-order valence-electron chi connectivity index (χ3n) is 4.55. The SMILES string of the molecule is CNC(CC(C)(NC)C(=O)c1cccc(F)c1)C(=O)c1ccc(F)cc1. The van der Waals surface area contributed by atoms with Crippen LogP contribution in [0.5, 0.6) is 0 Å². The third kappa shape index (κ3) is 4.39. The summed E-state index contributed by atoms with van der Waals surface area (Å²) < 4.78 is 26.5.